The van der Waals surface area contributed by atoms with Crippen LogP contribution in [0.1, 0.15) is 30.1 Å². The van der Waals surface area contributed by atoms with Gasteiger partial charge in [0.2, 0.25) is 0 Å². The minimum atomic E-state index is -0.808. The Hall–Kier alpha value is -1.90. The smallest absolute Gasteiger partial charge is 0.379 e. The maximum Gasteiger partial charge on any atom is 0.379 e. The molecule has 0 aromatic heterocycles. The summed E-state index contributed by atoms with van der Waals surface area (Å²) in [5.41, 5.74) is 0.357. The quantitative estimate of drug-likeness (QED) is 0.328. The van der Waals surface area contributed by atoms with Gasteiger partial charge >= 0.3 is 5.97 Å². The number of carbonyl (C=O) groups is 2. The maximum absolute atomic E-state index is 11.6. The number of carbonyl (C=O) groups excluding carboxylic acids is 2. The van der Waals surface area contributed by atoms with Crippen LogP contribution in [-0.2, 0) is 9.53 Å². The van der Waals surface area contributed by atoms with Gasteiger partial charge in [-0.2, -0.15) is 0 Å². The maximum atomic E-state index is 11.6. The molecule has 0 aliphatic carbocycles. The Labute approximate surface area is 101 Å². The predicted molar refractivity (Wildman–Crippen MR) is 65.8 cm³/mol. The molecule has 0 N–H and O–H groups in total. The Morgan fingerprint density at radius 3 is 2.53 bits per heavy atom. The normalized spacial score (nSPS) is 10.4. The highest BCUT2D eigenvalue weighted by molar-refractivity contribution is 6.40. The number of unbranched alkanes of at least 4 members (excludes halogenated alkanes) is 1. The highest BCUT2D eigenvalue weighted by Crippen LogP contribution is 2.01. The van der Waals surface area contributed by atoms with E-state index in [-0.39, 0.29) is 6.61 Å². The van der Waals surface area contributed by atoms with Crippen LogP contribution in [0.15, 0.2) is 42.5 Å². The minimum absolute atomic E-state index is 0.150. The molecule has 0 atom stereocenters. The second kappa shape index (κ2) is 7.39. The van der Waals surface area contributed by atoms with Crippen LogP contribution in [0, 0.1) is 0 Å². The zero-order chi connectivity index (χ0) is 12.5. The number of Topliss-reactive ketones (excluding diaryl/α,β-unsaturated/α-hetero) is 1. The van der Waals surface area contributed by atoms with Crippen LogP contribution < -0.4 is 0 Å². The Balaban J connectivity index is 2.41. The summed E-state index contributed by atoms with van der Waals surface area (Å²) in [6, 6.07) is 8.39. The molecule has 0 aliphatic rings. The summed E-state index contributed by atoms with van der Waals surface area (Å²) in [6.07, 6.45) is 5.68. The molecule has 1 aromatic carbocycles. The lowest BCUT2D eigenvalue weighted by molar-refractivity contribution is -0.136. The fourth-order valence-corrected chi connectivity index (χ4v) is 1.25. The fraction of sp³-hybridized carbons (Fsp3) is 0.286. The lowest BCUT2D eigenvalue weighted by atomic mass is 10.1. The number of hydrogen-bond donors (Lipinski definition) is 0. The monoisotopic (exact) mass is 232 g/mol. The first-order chi connectivity index (χ1) is 8.25. The molecule has 17 heavy (non-hydrogen) atoms. The van der Waals surface area contributed by atoms with E-state index in [2.05, 4.69) is 6.92 Å². The lowest BCUT2D eigenvalue weighted by Gasteiger charge is -2.00. The third-order valence-corrected chi connectivity index (χ3v) is 2.15. The number of ketones is 1. The Kier molecular flexibility index (Phi) is 5.72. The first-order valence-corrected chi connectivity index (χ1v) is 5.67. The van der Waals surface area contributed by atoms with Crippen LogP contribution in [-0.4, -0.2) is 18.4 Å². The summed E-state index contributed by atoms with van der Waals surface area (Å²) < 4.78 is 4.83. The molecule has 0 saturated carbocycles. The van der Waals surface area contributed by atoms with Crippen molar-refractivity contribution < 1.29 is 14.3 Å². The zero-order valence-electron chi connectivity index (χ0n) is 9.89. The first kappa shape index (κ1) is 13.2. The molecule has 0 unspecified atom stereocenters. The molecule has 0 radical (unpaired) electrons. The number of allylic oxidation sites excluding steroid dienone is 1. The third kappa shape index (κ3) is 4.64. The minimum Gasteiger partial charge on any atom is -0.455 e. The molecule has 0 bridgehead atoms. The van der Waals surface area contributed by atoms with Crippen molar-refractivity contribution in [2.75, 3.05) is 6.61 Å². The third-order valence-electron chi connectivity index (χ3n) is 2.15. The highest BCUT2D eigenvalue weighted by Gasteiger charge is 2.16. The molecule has 0 spiro atoms. The largest absolute Gasteiger partial charge is 0.455 e. The summed E-state index contributed by atoms with van der Waals surface area (Å²) >= 11 is 0. The van der Waals surface area contributed by atoms with Crippen molar-refractivity contribution in [2.24, 2.45) is 0 Å². The first-order valence-electron chi connectivity index (χ1n) is 5.67. The summed E-state index contributed by atoms with van der Waals surface area (Å²) in [7, 11) is 0. The molecule has 3 heteroatoms. The van der Waals surface area contributed by atoms with E-state index < -0.39 is 11.8 Å². The average Bonchev–Trinajstić information content (AvgIpc) is 2.38. The fourth-order valence-electron chi connectivity index (χ4n) is 1.25. The van der Waals surface area contributed by atoms with Crippen LogP contribution in [0.5, 0.6) is 0 Å². The van der Waals surface area contributed by atoms with E-state index in [1.807, 2.05) is 6.08 Å². The summed E-state index contributed by atoms with van der Waals surface area (Å²) in [4.78, 5) is 22.9. The van der Waals surface area contributed by atoms with Gasteiger partial charge in [0.05, 0.1) is 0 Å². The number of esters is 1. The van der Waals surface area contributed by atoms with Crippen LogP contribution in [0.4, 0.5) is 0 Å². The molecule has 0 amide bonds. The number of ether oxygens (including phenoxy) is 1. The van der Waals surface area contributed by atoms with Crippen molar-refractivity contribution in [3.8, 4) is 0 Å². The molecular weight excluding hydrogens is 216 g/mol. The van der Waals surface area contributed by atoms with E-state index in [4.69, 9.17) is 4.74 Å². The van der Waals surface area contributed by atoms with Crippen LogP contribution >= 0.6 is 0 Å². The summed E-state index contributed by atoms with van der Waals surface area (Å²) in [5.74, 6) is -1.41. The van der Waals surface area contributed by atoms with Crippen LogP contribution in [0.25, 0.3) is 0 Å². The van der Waals surface area contributed by atoms with Crippen molar-refractivity contribution in [1.29, 1.82) is 0 Å². The van der Waals surface area contributed by atoms with E-state index in [0.29, 0.717) is 5.56 Å². The van der Waals surface area contributed by atoms with Crippen molar-refractivity contribution in [2.45, 2.75) is 19.8 Å². The molecule has 1 aromatic rings. The predicted octanol–water partition coefficient (Wildman–Crippen LogP) is 2.77. The average molecular weight is 232 g/mol. The second-order valence-electron chi connectivity index (χ2n) is 3.55. The van der Waals surface area contributed by atoms with E-state index in [1.165, 1.54) is 0 Å². The van der Waals surface area contributed by atoms with Gasteiger partial charge in [-0.25, -0.2) is 4.79 Å². The molecule has 0 fully saturated rings. The topological polar surface area (TPSA) is 43.4 Å². The molecule has 90 valence electrons. The van der Waals surface area contributed by atoms with Gasteiger partial charge in [-0.05, 0) is 6.42 Å². The van der Waals surface area contributed by atoms with Gasteiger partial charge in [0.1, 0.15) is 6.61 Å². The van der Waals surface area contributed by atoms with Gasteiger partial charge in [0, 0.05) is 5.56 Å². The summed E-state index contributed by atoms with van der Waals surface area (Å²) in [5, 5.41) is 0. The van der Waals surface area contributed by atoms with E-state index in [0.717, 1.165) is 12.8 Å². The standard InChI is InChI=1S/C14H16O3/c1-2-3-4-8-11-17-14(16)13(15)12-9-6-5-7-10-12/h4-10H,2-3,11H2,1H3/b8-4+. The van der Waals surface area contributed by atoms with Gasteiger partial charge in [0.15, 0.2) is 0 Å². The van der Waals surface area contributed by atoms with Crippen molar-refractivity contribution in [3.63, 3.8) is 0 Å². The summed E-state index contributed by atoms with van der Waals surface area (Å²) in [6.45, 7) is 2.21. The lowest BCUT2D eigenvalue weighted by Crippen LogP contribution is -2.17. The van der Waals surface area contributed by atoms with Gasteiger partial charge in [-0.15, -0.1) is 0 Å². The number of rotatable bonds is 6. The number of hydrogen-bond acceptors (Lipinski definition) is 3. The molecule has 0 saturated heterocycles. The van der Waals surface area contributed by atoms with E-state index >= 15 is 0 Å². The second-order valence-corrected chi connectivity index (χ2v) is 3.55. The molecule has 0 heterocycles. The SMILES string of the molecule is CCC/C=C/COC(=O)C(=O)c1ccccc1. The molecule has 1 rings (SSSR count). The highest BCUT2D eigenvalue weighted by atomic mass is 16.5. The van der Waals surface area contributed by atoms with Gasteiger partial charge in [-0.3, -0.25) is 4.79 Å². The van der Waals surface area contributed by atoms with Crippen LogP contribution in [0.3, 0.4) is 0 Å². The Morgan fingerprint density at radius 1 is 1.18 bits per heavy atom. The van der Waals surface area contributed by atoms with Gasteiger partial charge < -0.3 is 4.74 Å². The van der Waals surface area contributed by atoms with Crippen molar-refractivity contribution in [1.82, 2.24) is 0 Å². The number of benzene rings is 1. The molecular formula is C14H16O3. The van der Waals surface area contributed by atoms with E-state index in [1.54, 1.807) is 36.4 Å². The zero-order valence-corrected chi connectivity index (χ0v) is 9.89. The Morgan fingerprint density at radius 2 is 1.88 bits per heavy atom. The van der Waals surface area contributed by atoms with E-state index in [9.17, 15) is 9.59 Å². The molecule has 0 aliphatic heterocycles. The van der Waals surface area contributed by atoms with Crippen LogP contribution in [0.2, 0.25) is 0 Å². The Bertz CT molecular complexity index is 393. The molecule has 3 nitrogen and oxygen atoms in total. The van der Waals surface area contributed by atoms with Crippen molar-refractivity contribution >= 4 is 11.8 Å². The van der Waals surface area contributed by atoms with Gasteiger partial charge in [-0.1, -0.05) is 55.8 Å². The van der Waals surface area contributed by atoms with Crippen molar-refractivity contribution in [3.05, 3.63) is 48.0 Å². The van der Waals surface area contributed by atoms with Gasteiger partial charge in [0.25, 0.3) is 5.78 Å².